The Bertz CT molecular complexity index is 945. The van der Waals surface area contributed by atoms with E-state index < -0.39 is 11.8 Å². The zero-order valence-electron chi connectivity index (χ0n) is 14.6. The molecule has 0 aliphatic carbocycles. The molecule has 1 N–H and O–H groups in total. The molecule has 2 aromatic carbocycles. The summed E-state index contributed by atoms with van der Waals surface area (Å²) in [6.45, 7) is 2.35. The molecule has 1 fully saturated rings. The zero-order chi connectivity index (χ0) is 19.6. The van der Waals surface area contributed by atoms with Crippen molar-refractivity contribution >= 4 is 51.1 Å². The minimum Gasteiger partial charge on any atom is -0.493 e. The first-order chi connectivity index (χ1) is 12.9. The summed E-state index contributed by atoms with van der Waals surface area (Å²) >= 11 is 9.40. The van der Waals surface area contributed by atoms with Crippen LogP contribution in [0.25, 0.3) is 6.08 Å². The quantitative estimate of drug-likeness (QED) is 0.552. The van der Waals surface area contributed by atoms with Crippen molar-refractivity contribution in [1.82, 2.24) is 5.43 Å². The molecule has 0 saturated carbocycles. The molecule has 2 amide bonds. The van der Waals surface area contributed by atoms with Gasteiger partial charge < -0.3 is 9.47 Å². The van der Waals surface area contributed by atoms with Gasteiger partial charge in [0.25, 0.3) is 11.8 Å². The van der Waals surface area contributed by atoms with Gasteiger partial charge in [0.1, 0.15) is 5.57 Å². The molecule has 8 heteroatoms. The van der Waals surface area contributed by atoms with Gasteiger partial charge in [-0.2, -0.15) is 0 Å². The van der Waals surface area contributed by atoms with Crippen LogP contribution >= 0.6 is 27.5 Å². The van der Waals surface area contributed by atoms with E-state index in [1.165, 1.54) is 18.2 Å². The largest absolute Gasteiger partial charge is 0.493 e. The SMILES string of the molecule is CCOc1c(Br)cc(/C=C2/C(=O)NN(c3cccc(Cl)c3)C2=O)cc1OC. The number of nitrogens with one attached hydrogen (secondary N) is 1. The first-order valence-electron chi connectivity index (χ1n) is 8.07. The third-order valence-electron chi connectivity index (χ3n) is 3.81. The van der Waals surface area contributed by atoms with Gasteiger partial charge in [-0.3, -0.25) is 15.0 Å². The summed E-state index contributed by atoms with van der Waals surface area (Å²) in [6, 6.07) is 10.1. The second-order valence-corrected chi connectivity index (χ2v) is 6.88. The van der Waals surface area contributed by atoms with Gasteiger partial charge >= 0.3 is 0 Å². The number of hydrogen-bond acceptors (Lipinski definition) is 4. The van der Waals surface area contributed by atoms with Crippen LogP contribution in [0.2, 0.25) is 5.02 Å². The Morgan fingerprint density at radius 1 is 1.26 bits per heavy atom. The number of hydrazine groups is 1. The Morgan fingerprint density at radius 2 is 2.04 bits per heavy atom. The molecule has 0 radical (unpaired) electrons. The van der Waals surface area contributed by atoms with Gasteiger partial charge in [-0.05, 0) is 64.8 Å². The van der Waals surface area contributed by atoms with Crippen LogP contribution in [0.4, 0.5) is 5.69 Å². The van der Waals surface area contributed by atoms with Gasteiger partial charge in [-0.1, -0.05) is 17.7 Å². The van der Waals surface area contributed by atoms with Crippen LogP contribution in [0.15, 0.2) is 46.4 Å². The number of benzene rings is 2. The van der Waals surface area contributed by atoms with E-state index in [4.69, 9.17) is 21.1 Å². The van der Waals surface area contributed by atoms with E-state index in [9.17, 15) is 9.59 Å². The van der Waals surface area contributed by atoms with Crippen molar-refractivity contribution in [1.29, 1.82) is 0 Å². The minimum absolute atomic E-state index is 0.00749. The summed E-state index contributed by atoms with van der Waals surface area (Å²) in [7, 11) is 1.52. The lowest BCUT2D eigenvalue weighted by atomic mass is 10.1. The fourth-order valence-electron chi connectivity index (χ4n) is 2.63. The zero-order valence-corrected chi connectivity index (χ0v) is 16.9. The molecule has 3 rings (SSSR count). The lowest BCUT2D eigenvalue weighted by molar-refractivity contribution is -0.117. The second-order valence-electron chi connectivity index (χ2n) is 5.59. The van der Waals surface area contributed by atoms with E-state index in [-0.39, 0.29) is 5.57 Å². The smallest absolute Gasteiger partial charge is 0.282 e. The van der Waals surface area contributed by atoms with Crippen molar-refractivity contribution in [3.05, 3.63) is 57.0 Å². The molecular formula is C19H16BrClN2O4. The minimum atomic E-state index is -0.496. The number of carbonyl (C=O) groups is 2. The monoisotopic (exact) mass is 450 g/mol. The molecule has 2 aromatic rings. The maximum Gasteiger partial charge on any atom is 0.282 e. The van der Waals surface area contributed by atoms with Gasteiger partial charge in [0.2, 0.25) is 0 Å². The predicted molar refractivity (Wildman–Crippen MR) is 107 cm³/mol. The van der Waals surface area contributed by atoms with Gasteiger partial charge in [-0.15, -0.1) is 0 Å². The average molecular weight is 452 g/mol. The Balaban J connectivity index is 1.96. The van der Waals surface area contributed by atoms with Crippen LogP contribution in [0.1, 0.15) is 12.5 Å². The molecule has 0 bridgehead atoms. The number of carbonyl (C=O) groups excluding carboxylic acids is 2. The Labute approximate surface area is 169 Å². The van der Waals surface area contributed by atoms with Crippen LogP contribution in [0.3, 0.4) is 0 Å². The number of anilines is 1. The van der Waals surface area contributed by atoms with E-state index >= 15 is 0 Å². The highest BCUT2D eigenvalue weighted by Crippen LogP contribution is 2.37. The predicted octanol–water partition coefficient (Wildman–Crippen LogP) is 3.97. The first kappa shape index (κ1) is 19.3. The summed E-state index contributed by atoms with van der Waals surface area (Å²) in [4.78, 5) is 25.0. The number of amides is 2. The second kappa shape index (κ2) is 8.02. The lowest BCUT2D eigenvalue weighted by Gasteiger charge is -2.14. The number of hydrogen-bond donors (Lipinski definition) is 1. The molecule has 1 heterocycles. The van der Waals surface area contributed by atoms with Crippen LogP contribution in [-0.4, -0.2) is 25.5 Å². The number of halogens is 2. The molecule has 0 spiro atoms. The molecule has 1 saturated heterocycles. The maximum absolute atomic E-state index is 12.7. The summed E-state index contributed by atoms with van der Waals surface area (Å²) < 4.78 is 11.6. The first-order valence-corrected chi connectivity index (χ1v) is 9.24. The van der Waals surface area contributed by atoms with Crippen molar-refractivity contribution in [2.75, 3.05) is 18.7 Å². The fourth-order valence-corrected chi connectivity index (χ4v) is 3.39. The number of nitrogens with zero attached hydrogens (tertiary/aromatic N) is 1. The van der Waals surface area contributed by atoms with Crippen molar-refractivity contribution < 1.29 is 19.1 Å². The Hall–Kier alpha value is -2.51. The van der Waals surface area contributed by atoms with Crippen molar-refractivity contribution in [2.45, 2.75) is 6.92 Å². The Kier molecular flexibility index (Phi) is 5.72. The Morgan fingerprint density at radius 3 is 2.70 bits per heavy atom. The third kappa shape index (κ3) is 3.94. The number of rotatable bonds is 5. The molecule has 6 nitrogen and oxygen atoms in total. The molecule has 0 atom stereocenters. The van der Waals surface area contributed by atoms with E-state index in [0.29, 0.717) is 38.9 Å². The van der Waals surface area contributed by atoms with E-state index in [2.05, 4.69) is 21.4 Å². The molecule has 0 unspecified atom stereocenters. The molecule has 1 aliphatic heterocycles. The molecule has 140 valence electrons. The lowest BCUT2D eigenvalue weighted by Crippen LogP contribution is -2.35. The fraction of sp³-hybridized carbons (Fsp3) is 0.158. The standard InChI is InChI=1S/C19H16BrClN2O4/c1-3-27-17-15(20)8-11(9-16(17)26-2)7-14-18(24)22-23(19(14)25)13-6-4-5-12(21)10-13/h4-10H,3H2,1-2H3,(H,22,24)/b14-7-. The summed E-state index contributed by atoms with van der Waals surface area (Å²) in [6.07, 6.45) is 1.51. The number of methoxy groups -OCH3 is 1. The summed E-state index contributed by atoms with van der Waals surface area (Å²) in [5.74, 6) is 0.0933. The highest BCUT2D eigenvalue weighted by Gasteiger charge is 2.34. The molecular weight excluding hydrogens is 436 g/mol. The average Bonchev–Trinajstić information content (AvgIpc) is 2.92. The van der Waals surface area contributed by atoms with Gasteiger partial charge in [-0.25, -0.2) is 5.01 Å². The van der Waals surface area contributed by atoms with E-state index in [1.807, 2.05) is 6.92 Å². The molecule has 1 aliphatic rings. The summed E-state index contributed by atoms with van der Waals surface area (Å²) in [5.41, 5.74) is 3.65. The van der Waals surface area contributed by atoms with E-state index in [1.54, 1.807) is 36.4 Å². The van der Waals surface area contributed by atoms with Crippen LogP contribution in [-0.2, 0) is 9.59 Å². The van der Waals surface area contributed by atoms with Crippen molar-refractivity contribution in [2.24, 2.45) is 0 Å². The highest BCUT2D eigenvalue weighted by atomic mass is 79.9. The van der Waals surface area contributed by atoms with Crippen molar-refractivity contribution in [3.8, 4) is 11.5 Å². The van der Waals surface area contributed by atoms with Crippen LogP contribution in [0.5, 0.6) is 11.5 Å². The van der Waals surface area contributed by atoms with Crippen LogP contribution in [0, 0.1) is 0 Å². The molecule has 0 aromatic heterocycles. The summed E-state index contributed by atoms with van der Waals surface area (Å²) in [5, 5.41) is 1.63. The topological polar surface area (TPSA) is 67.9 Å². The van der Waals surface area contributed by atoms with Crippen molar-refractivity contribution in [3.63, 3.8) is 0 Å². The number of ether oxygens (including phenoxy) is 2. The van der Waals surface area contributed by atoms with E-state index in [0.717, 1.165) is 0 Å². The van der Waals surface area contributed by atoms with Gasteiger partial charge in [0.15, 0.2) is 11.5 Å². The highest BCUT2D eigenvalue weighted by molar-refractivity contribution is 9.10. The van der Waals surface area contributed by atoms with Gasteiger partial charge in [0, 0.05) is 5.02 Å². The van der Waals surface area contributed by atoms with Gasteiger partial charge in [0.05, 0.1) is 23.9 Å². The van der Waals surface area contributed by atoms with Crippen LogP contribution < -0.4 is 19.9 Å². The normalized spacial score (nSPS) is 15.3. The molecule has 27 heavy (non-hydrogen) atoms. The third-order valence-corrected chi connectivity index (χ3v) is 4.63. The maximum atomic E-state index is 12.7.